The molecule has 1 aliphatic rings. The Morgan fingerprint density at radius 1 is 0.864 bits per heavy atom. The van der Waals surface area contributed by atoms with E-state index in [1.54, 1.807) is 0 Å². The van der Waals surface area contributed by atoms with Crippen LogP contribution in [-0.4, -0.2) is 37.7 Å². The molecule has 2 nitrogen and oxygen atoms in total. The molecule has 8 heteroatoms. The summed E-state index contributed by atoms with van der Waals surface area (Å²) in [5, 5.41) is 0. The number of hydrogen-bond acceptors (Lipinski definition) is 2. The summed E-state index contributed by atoms with van der Waals surface area (Å²) in [5.41, 5.74) is -2.49. The van der Waals surface area contributed by atoms with E-state index in [4.69, 9.17) is 4.74 Å². The predicted molar refractivity (Wildman–Crippen MR) is 67.4 cm³/mol. The van der Waals surface area contributed by atoms with Crippen LogP contribution in [0.2, 0.25) is 0 Å². The van der Waals surface area contributed by atoms with Crippen molar-refractivity contribution in [3.05, 3.63) is 34.9 Å². The topological polar surface area (TPSA) is 12.5 Å². The van der Waals surface area contributed by atoms with E-state index in [0.29, 0.717) is 32.8 Å². The van der Waals surface area contributed by atoms with Crippen LogP contribution in [0, 0.1) is 0 Å². The Kier molecular flexibility index (Phi) is 5.01. The molecule has 2 rings (SSSR count). The quantitative estimate of drug-likeness (QED) is 0.787. The van der Waals surface area contributed by atoms with E-state index in [1.165, 1.54) is 0 Å². The number of halogens is 6. The number of benzene rings is 1. The van der Waals surface area contributed by atoms with Gasteiger partial charge < -0.3 is 4.74 Å². The first-order valence-electron chi connectivity index (χ1n) is 6.75. The molecule has 1 saturated heterocycles. The number of rotatable bonds is 3. The molecular formula is C14H15F6NO. The van der Waals surface area contributed by atoms with Gasteiger partial charge in [0.05, 0.1) is 24.3 Å². The summed E-state index contributed by atoms with van der Waals surface area (Å²) in [4.78, 5) is 1.96. The largest absolute Gasteiger partial charge is 0.416 e. The van der Waals surface area contributed by atoms with Crippen LogP contribution in [0.4, 0.5) is 26.3 Å². The lowest BCUT2D eigenvalue weighted by Crippen LogP contribution is -2.37. The van der Waals surface area contributed by atoms with E-state index in [1.807, 2.05) is 4.90 Å². The normalized spacial score (nSPS) is 17.7. The van der Waals surface area contributed by atoms with Gasteiger partial charge in [0, 0.05) is 19.6 Å². The zero-order valence-corrected chi connectivity index (χ0v) is 11.6. The SMILES string of the molecule is FC(F)(F)c1cc(CCN2CCOCC2)cc(C(F)(F)F)c1. The second kappa shape index (κ2) is 6.45. The monoisotopic (exact) mass is 327 g/mol. The lowest BCUT2D eigenvalue weighted by atomic mass is 10.0. The Morgan fingerprint density at radius 3 is 1.82 bits per heavy atom. The van der Waals surface area contributed by atoms with Gasteiger partial charge in [-0.1, -0.05) is 0 Å². The van der Waals surface area contributed by atoms with Gasteiger partial charge in [0.15, 0.2) is 0 Å². The third-order valence-electron chi connectivity index (χ3n) is 3.47. The molecule has 1 aromatic rings. The fourth-order valence-corrected chi connectivity index (χ4v) is 2.28. The van der Waals surface area contributed by atoms with Gasteiger partial charge in [-0.05, 0) is 30.2 Å². The standard InChI is InChI=1S/C14H15F6NO/c15-13(16,17)11-7-10(8-12(9-11)14(18,19)20)1-2-21-3-5-22-6-4-21/h7-9H,1-6H2. The van der Waals surface area contributed by atoms with Crippen LogP contribution in [0.15, 0.2) is 18.2 Å². The zero-order valence-electron chi connectivity index (χ0n) is 11.6. The number of ether oxygens (including phenoxy) is 1. The fourth-order valence-electron chi connectivity index (χ4n) is 2.28. The van der Waals surface area contributed by atoms with Crippen LogP contribution in [-0.2, 0) is 23.5 Å². The van der Waals surface area contributed by atoms with Crippen molar-refractivity contribution < 1.29 is 31.1 Å². The first-order chi connectivity index (χ1) is 10.2. The molecular weight excluding hydrogens is 312 g/mol. The lowest BCUT2D eigenvalue weighted by molar-refractivity contribution is -0.143. The Labute approximate surface area is 123 Å². The third-order valence-corrected chi connectivity index (χ3v) is 3.47. The predicted octanol–water partition coefficient (Wildman–Crippen LogP) is 3.60. The summed E-state index contributed by atoms with van der Waals surface area (Å²) in [5.74, 6) is 0. The summed E-state index contributed by atoms with van der Waals surface area (Å²) in [6.07, 6.45) is -9.46. The number of nitrogens with zero attached hydrogens (tertiary/aromatic N) is 1. The molecule has 1 heterocycles. The van der Waals surface area contributed by atoms with Gasteiger partial charge in [-0.2, -0.15) is 26.3 Å². The first kappa shape index (κ1) is 17.1. The zero-order chi connectivity index (χ0) is 16.4. The van der Waals surface area contributed by atoms with Gasteiger partial charge in [0.1, 0.15) is 0 Å². The minimum atomic E-state index is -4.80. The lowest BCUT2D eigenvalue weighted by Gasteiger charge is -2.26. The second-order valence-electron chi connectivity index (χ2n) is 5.12. The van der Waals surface area contributed by atoms with Crippen LogP contribution >= 0.6 is 0 Å². The average molecular weight is 327 g/mol. The van der Waals surface area contributed by atoms with Gasteiger partial charge in [0.2, 0.25) is 0 Å². The first-order valence-corrected chi connectivity index (χ1v) is 6.75. The summed E-state index contributed by atoms with van der Waals surface area (Å²) >= 11 is 0. The van der Waals surface area contributed by atoms with Crippen LogP contribution in [0.1, 0.15) is 16.7 Å². The van der Waals surface area contributed by atoms with Gasteiger partial charge in [-0.3, -0.25) is 4.90 Å². The van der Waals surface area contributed by atoms with Crippen molar-refractivity contribution in [1.82, 2.24) is 4.90 Å². The molecule has 1 aliphatic heterocycles. The highest BCUT2D eigenvalue weighted by Crippen LogP contribution is 2.36. The van der Waals surface area contributed by atoms with Crippen molar-refractivity contribution in [1.29, 1.82) is 0 Å². The molecule has 0 bridgehead atoms. The smallest absolute Gasteiger partial charge is 0.379 e. The van der Waals surface area contributed by atoms with Gasteiger partial charge in [-0.15, -0.1) is 0 Å². The maximum Gasteiger partial charge on any atom is 0.416 e. The van der Waals surface area contributed by atoms with Gasteiger partial charge in [-0.25, -0.2) is 0 Å². The van der Waals surface area contributed by atoms with Crippen molar-refractivity contribution >= 4 is 0 Å². The maximum absolute atomic E-state index is 12.7. The molecule has 0 spiro atoms. The van der Waals surface area contributed by atoms with E-state index in [2.05, 4.69) is 0 Å². The highest BCUT2D eigenvalue weighted by molar-refractivity contribution is 5.33. The maximum atomic E-state index is 12.7. The molecule has 0 unspecified atom stereocenters. The van der Waals surface area contributed by atoms with Crippen molar-refractivity contribution in [2.75, 3.05) is 32.8 Å². The Balaban J connectivity index is 2.18. The number of hydrogen-bond donors (Lipinski definition) is 0. The number of morpholine rings is 1. The van der Waals surface area contributed by atoms with E-state index in [-0.39, 0.29) is 18.1 Å². The molecule has 0 atom stereocenters. The molecule has 0 saturated carbocycles. The molecule has 0 N–H and O–H groups in total. The molecule has 0 radical (unpaired) electrons. The van der Waals surface area contributed by atoms with Crippen LogP contribution < -0.4 is 0 Å². The third kappa shape index (κ3) is 4.61. The highest BCUT2D eigenvalue weighted by Gasteiger charge is 2.36. The summed E-state index contributed by atoms with van der Waals surface area (Å²) in [6, 6.07) is 1.73. The Bertz CT molecular complexity index is 473. The minimum absolute atomic E-state index is 0.0358. The molecule has 124 valence electrons. The minimum Gasteiger partial charge on any atom is -0.379 e. The van der Waals surface area contributed by atoms with Crippen molar-refractivity contribution in [2.24, 2.45) is 0 Å². The summed E-state index contributed by atoms with van der Waals surface area (Å²) in [7, 11) is 0. The summed E-state index contributed by atoms with van der Waals surface area (Å²) < 4.78 is 81.6. The Morgan fingerprint density at radius 2 is 1.36 bits per heavy atom. The van der Waals surface area contributed by atoms with E-state index in [0.717, 1.165) is 12.1 Å². The molecule has 1 fully saturated rings. The molecule has 0 aromatic heterocycles. The van der Waals surface area contributed by atoms with Crippen LogP contribution in [0.5, 0.6) is 0 Å². The molecule has 0 amide bonds. The van der Waals surface area contributed by atoms with Crippen molar-refractivity contribution in [3.63, 3.8) is 0 Å². The van der Waals surface area contributed by atoms with Gasteiger partial charge in [0.25, 0.3) is 0 Å². The molecule has 0 aliphatic carbocycles. The Hall–Kier alpha value is -1.28. The van der Waals surface area contributed by atoms with Gasteiger partial charge >= 0.3 is 12.4 Å². The van der Waals surface area contributed by atoms with E-state index in [9.17, 15) is 26.3 Å². The van der Waals surface area contributed by atoms with Crippen molar-refractivity contribution in [2.45, 2.75) is 18.8 Å². The summed E-state index contributed by atoms with van der Waals surface area (Å²) in [6.45, 7) is 2.71. The number of alkyl halides is 6. The van der Waals surface area contributed by atoms with Crippen LogP contribution in [0.25, 0.3) is 0 Å². The van der Waals surface area contributed by atoms with E-state index >= 15 is 0 Å². The second-order valence-corrected chi connectivity index (χ2v) is 5.12. The fraction of sp³-hybridized carbons (Fsp3) is 0.571. The molecule has 22 heavy (non-hydrogen) atoms. The van der Waals surface area contributed by atoms with E-state index < -0.39 is 23.5 Å². The highest BCUT2D eigenvalue weighted by atomic mass is 19.4. The molecule has 1 aromatic carbocycles. The van der Waals surface area contributed by atoms with Crippen LogP contribution in [0.3, 0.4) is 0 Å². The average Bonchev–Trinajstić information content (AvgIpc) is 2.44. The van der Waals surface area contributed by atoms with Crippen molar-refractivity contribution in [3.8, 4) is 0 Å².